The predicted octanol–water partition coefficient (Wildman–Crippen LogP) is 4.04. The van der Waals surface area contributed by atoms with Crippen molar-refractivity contribution in [2.75, 3.05) is 0 Å². The molecule has 0 aliphatic carbocycles. The zero-order chi connectivity index (χ0) is 13.8. The van der Waals surface area contributed by atoms with Crippen molar-refractivity contribution < 1.29 is 9.50 Å². The molecule has 19 heavy (non-hydrogen) atoms. The van der Waals surface area contributed by atoms with Crippen LogP contribution in [0.1, 0.15) is 16.7 Å². The van der Waals surface area contributed by atoms with Crippen molar-refractivity contribution in [2.45, 2.75) is 25.9 Å². The maximum Gasteiger partial charge on any atom is 0.124 e. The van der Waals surface area contributed by atoms with Gasteiger partial charge in [0.2, 0.25) is 0 Å². The highest BCUT2D eigenvalue weighted by Gasteiger charge is 2.08. The van der Waals surface area contributed by atoms with E-state index in [-0.39, 0.29) is 5.82 Å². The number of rotatable bonds is 4. The summed E-state index contributed by atoms with van der Waals surface area (Å²) >= 11 is 3.26. The van der Waals surface area contributed by atoms with Gasteiger partial charge in [-0.2, -0.15) is 0 Å². The van der Waals surface area contributed by atoms with E-state index in [0.717, 1.165) is 11.1 Å². The third kappa shape index (κ3) is 4.44. The van der Waals surface area contributed by atoms with Gasteiger partial charge in [0.1, 0.15) is 5.82 Å². The van der Waals surface area contributed by atoms with Crippen molar-refractivity contribution in [3.63, 3.8) is 0 Å². The van der Waals surface area contributed by atoms with Crippen LogP contribution in [0.15, 0.2) is 46.9 Å². The number of aryl methyl sites for hydroxylation is 1. The Morgan fingerprint density at radius 2 is 1.84 bits per heavy atom. The fourth-order valence-electron chi connectivity index (χ4n) is 2.18. The van der Waals surface area contributed by atoms with E-state index in [1.807, 2.05) is 31.2 Å². The van der Waals surface area contributed by atoms with Crippen LogP contribution in [0.25, 0.3) is 0 Å². The van der Waals surface area contributed by atoms with Gasteiger partial charge < -0.3 is 5.11 Å². The molecule has 1 nitrogen and oxygen atoms in total. The summed E-state index contributed by atoms with van der Waals surface area (Å²) in [5.74, 6) is -0.285. The van der Waals surface area contributed by atoms with Gasteiger partial charge in [0.25, 0.3) is 0 Å². The van der Waals surface area contributed by atoms with Crippen LogP contribution in [0.3, 0.4) is 0 Å². The molecule has 1 N–H and O–H groups in total. The van der Waals surface area contributed by atoms with Gasteiger partial charge in [-0.3, -0.25) is 0 Å². The van der Waals surface area contributed by atoms with Crippen LogP contribution < -0.4 is 0 Å². The lowest BCUT2D eigenvalue weighted by atomic mass is 10.0. The molecule has 2 aromatic carbocycles. The molecule has 0 fully saturated rings. The standard InChI is InChI=1S/C16H16BrFO/c1-11-3-2-4-12(5-11)8-16(19)9-13-6-14(17)10-15(18)7-13/h2-7,10,16,19H,8-9H2,1H3. The van der Waals surface area contributed by atoms with Crippen molar-refractivity contribution in [3.8, 4) is 0 Å². The molecule has 0 heterocycles. The highest BCUT2D eigenvalue weighted by Crippen LogP contribution is 2.17. The first-order valence-electron chi connectivity index (χ1n) is 6.21. The summed E-state index contributed by atoms with van der Waals surface area (Å²) in [6, 6.07) is 12.8. The Balaban J connectivity index is 2.03. The summed E-state index contributed by atoms with van der Waals surface area (Å²) < 4.78 is 13.9. The summed E-state index contributed by atoms with van der Waals surface area (Å²) in [5, 5.41) is 10.1. The maximum atomic E-state index is 13.2. The molecule has 100 valence electrons. The van der Waals surface area contributed by atoms with Crippen LogP contribution in [0.4, 0.5) is 4.39 Å². The lowest BCUT2D eigenvalue weighted by Crippen LogP contribution is -2.14. The van der Waals surface area contributed by atoms with Crippen LogP contribution in [0.5, 0.6) is 0 Å². The van der Waals surface area contributed by atoms with Crippen molar-refractivity contribution in [2.24, 2.45) is 0 Å². The molecule has 2 aromatic rings. The largest absolute Gasteiger partial charge is 0.392 e. The van der Waals surface area contributed by atoms with Gasteiger partial charge in [-0.1, -0.05) is 45.8 Å². The first-order chi connectivity index (χ1) is 9.02. The monoisotopic (exact) mass is 322 g/mol. The molecule has 0 radical (unpaired) electrons. The molecule has 3 heteroatoms. The zero-order valence-electron chi connectivity index (χ0n) is 10.7. The van der Waals surface area contributed by atoms with E-state index < -0.39 is 6.10 Å². The lowest BCUT2D eigenvalue weighted by molar-refractivity contribution is 0.175. The van der Waals surface area contributed by atoms with Gasteiger partial charge in [0.15, 0.2) is 0 Å². The molecule has 0 bridgehead atoms. The van der Waals surface area contributed by atoms with Crippen molar-refractivity contribution in [1.29, 1.82) is 0 Å². The molecule has 0 aliphatic rings. The van der Waals surface area contributed by atoms with Gasteiger partial charge in [-0.15, -0.1) is 0 Å². The lowest BCUT2D eigenvalue weighted by Gasteiger charge is -2.11. The Hall–Kier alpha value is -1.19. The quantitative estimate of drug-likeness (QED) is 0.900. The van der Waals surface area contributed by atoms with Crippen LogP contribution in [-0.4, -0.2) is 11.2 Å². The second-order valence-electron chi connectivity index (χ2n) is 4.83. The van der Waals surface area contributed by atoms with Crippen LogP contribution in [-0.2, 0) is 12.8 Å². The Labute approximate surface area is 121 Å². The Morgan fingerprint density at radius 3 is 2.53 bits per heavy atom. The van der Waals surface area contributed by atoms with Gasteiger partial charge in [0, 0.05) is 4.47 Å². The number of halogens is 2. The fraction of sp³-hybridized carbons (Fsp3) is 0.250. The third-order valence-corrected chi connectivity index (χ3v) is 3.41. The van der Waals surface area contributed by atoms with E-state index in [1.54, 1.807) is 0 Å². The average molecular weight is 323 g/mol. The highest BCUT2D eigenvalue weighted by molar-refractivity contribution is 9.10. The number of hydrogen-bond donors (Lipinski definition) is 1. The van der Waals surface area contributed by atoms with Crippen LogP contribution in [0, 0.1) is 12.7 Å². The molecule has 1 atom stereocenters. The van der Waals surface area contributed by atoms with Crippen LogP contribution in [0.2, 0.25) is 0 Å². The van der Waals surface area contributed by atoms with Crippen LogP contribution >= 0.6 is 15.9 Å². The first kappa shape index (κ1) is 14.2. The summed E-state index contributed by atoms with van der Waals surface area (Å²) in [4.78, 5) is 0. The van der Waals surface area contributed by atoms with Gasteiger partial charge >= 0.3 is 0 Å². The Bertz CT molecular complexity index is 548. The number of hydrogen-bond acceptors (Lipinski definition) is 1. The topological polar surface area (TPSA) is 20.2 Å². The van der Waals surface area contributed by atoms with E-state index in [1.165, 1.54) is 17.7 Å². The van der Waals surface area contributed by atoms with Crippen molar-refractivity contribution in [3.05, 3.63) is 69.4 Å². The minimum atomic E-state index is -0.504. The smallest absolute Gasteiger partial charge is 0.124 e. The molecule has 0 amide bonds. The van der Waals surface area contributed by atoms with Crippen molar-refractivity contribution in [1.82, 2.24) is 0 Å². The second-order valence-corrected chi connectivity index (χ2v) is 5.74. The summed E-state index contributed by atoms with van der Waals surface area (Å²) in [7, 11) is 0. The first-order valence-corrected chi connectivity index (χ1v) is 7.01. The SMILES string of the molecule is Cc1cccc(CC(O)Cc2cc(F)cc(Br)c2)c1. The maximum absolute atomic E-state index is 13.2. The zero-order valence-corrected chi connectivity index (χ0v) is 12.3. The number of benzene rings is 2. The minimum Gasteiger partial charge on any atom is -0.392 e. The molecular formula is C16H16BrFO. The van der Waals surface area contributed by atoms with Gasteiger partial charge in [-0.05, 0) is 49.1 Å². The molecule has 1 unspecified atom stereocenters. The summed E-state index contributed by atoms with van der Waals surface area (Å²) in [5.41, 5.74) is 3.08. The molecule has 0 aromatic heterocycles. The normalized spacial score (nSPS) is 12.4. The molecular weight excluding hydrogens is 307 g/mol. The van der Waals surface area contributed by atoms with Gasteiger partial charge in [-0.25, -0.2) is 4.39 Å². The van der Waals surface area contributed by atoms with E-state index in [2.05, 4.69) is 22.0 Å². The summed E-state index contributed by atoms with van der Waals surface area (Å²) in [6.07, 6.45) is 0.524. The fourth-order valence-corrected chi connectivity index (χ4v) is 2.70. The number of aliphatic hydroxyl groups is 1. The summed E-state index contributed by atoms with van der Waals surface area (Å²) in [6.45, 7) is 2.03. The van der Waals surface area contributed by atoms with Crippen molar-refractivity contribution >= 4 is 15.9 Å². The van der Waals surface area contributed by atoms with Gasteiger partial charge in [0.05, 0.1) is 6.10 Å². The third-order valence-electron chi connectivity index (χ3n) is 2.95. The molecule has 0 spiro atoms. The van der Waals surface area contributed by atoms with E-state index in [0.29, 0.717) is 17.3 Å². The second kappa shape index (κ2) is 6.31. The Morgan fingerprint density at radius 1 is 1.11 bits per heavy atom. The minimum absolute atomic E-state index is 0.285. The number of aliphatic hydroxyl groups excluding tert-OH is 1. The van der Waals surface area contributed by atoms with E-state index in [9.17, 15) is 9.50 Å². The molecule has 0 aliphatic heterocycles. The Kier molecular flexibility index (Phi) is 4.72. The molecule has 2 rings (SSSR count). The highest BCUT2D eigenvalue weighted by atomic mass is 79.9. The predicted molar refractivity (Wildman–Crippen MR) is 78.7 cm³/mol. The molecule has 0 saturated heterocycles. The average Bonchev–Trinajstić information content (AvgIpc) is 2.26. The van der Waals surface area contributed by atoms with E-state index >= 15 is 0 Å². The molecule has 0 saturated carbocycles. The van der Waals surface area contributed by atoms with E-state index in [4.69, 9.17) is 0 Å².